The van der Waals surface area contributed by atoms with Crippen LogP contribution in [0.1, 0.15) is 5.56 Å². The molecule has 7 heteroatoms. The van der Waals surface area contributed by atoms with Gasteiger partial charge in [0, 0.05) is 19.3 Å². The topological polar surface area (TPSA) is 64.4 Å². The van der Waals surface area contributed by atoms with E-state index in [2.05, 4.69) is 5.10 Å². The molecule has 0 N–H and O–H groups in total. The number of benzene rings is 1. The number of aromatic nitrogens is 2. The molecule has 1 saturated heterocycles. The summed E-state index contributed by atoms with van der Waals surface area (Å²) in [4.78, 5) is 0.236. The summed E-state index contributed by atoms with van der Waals surface area (Å²) in [5.74, 6) is 0. The van der Waals surface area contributed by atoms with Crippen molar-refractivity contribution in [3.05, 3.63) is 48.3 Å². The van der Waals surface area contributed by atoms with Gasteiger partial charge in [0.2, 0.25) is 10.0 Å². The largest absolute Gasteiger partial charge is 0.379 e. The van der Waals surface area contributed by atoms with Gasteiger partial charge >= 0.3 is 0 Å². The normalized spacial score (nSPS) is 17.0. The lowest BCUT2D eigenvalue weighted by molar-refractivity contribution is 0.0730. The number of sulfonamides is 1. The van der Waals surface area contributed by atoms with E-state index in [4.69, 9.17) is 4.74 Å². The Bertz CT molecular complexity index is 691. The van der Waals surface area contributed by atoms with E-state index in [0.29, 0.717) is 32.8 Å². The molecule has 3 rings (SSSR count). The van der Waals surface area contributed by atoms with Crippen LogP contribution in [0, 0.1) is 0 Å². The fourth-order valence-electron chi connectivity index (χ4n) is 2.27. The minimum absolute atomic E-state index is 0.236. The number of hydrogen-bond acceptors (Lipinski definition) is 4. The molecule has 2 aromatic rings. The average molecular weight is 307 g/mol. The lowest BCUT2D eigenvalue weighted by Gasteiger charge is -2.25. The Labute approximate surface area is 124 Å². The van der Waals surface area contributed by atoms with Gasteiger partial charge in [-0.05, 0) is 5.56 Å². The van der Waals surface area contributed by atoms with E-state index in [0.717, 1.165) is 5.56 Å². The van der Waals surface area contributed by atoms with Crippen molar-refractivity contribution in [1.29, 1.82) is 0 Å². The molecule has 0 unspecified atom stereocenters. The van der Waals surface area contributed by atoms with E-state index in [1.165, 1.54) is 10.5 Å². The molecule has 0 spiro atoms. The fourth-order valence-corrected chi connectivity index (χ4v) is 3.63. The molecule has 112 valence electrons. The fraction of sp³-hybridized carbons (Fsp3) is 0.357. The zero-order chi connectivity index (χ0) is 14.7. The van der Waals surface area contributed by atoms with Gasteiger partial charge in [0.1, 0.15) is 4.90 Å². The number of ether oxygens (including phenoxy) is 1. The summed E-state index contributed by atoms with van der Waals surface area (Å²) in [6, 6.07) is 9.81. The maximum absolute atomic E-state index is 12.5. The molecule has 0 radical (unpaired) electrons. The zero-order valence-electron chi connectivity index (χ0n) is 11.6. The smallest absolute Gasteiger partial charge is 0.246 e. The summed E-state index contributed by atoms with van der Waals surface area (Å²) < 4.78 is 33.2. The third-order valence-corrected chi connectivity index (χ3v) is 5.26. The molecule has 1 aromatic heterocycles. The average Bonchev–Trinajstić information content (AvgIpc) is 2.98. The summed E-state index contributed by atoms with van der Waals surface area (Å²) in [5, 5.41) is 4.15. The highest BCUT2D eigenvalue weighted by molar-refractivity contribution is 7.89. The van der Waals surface area contributed by atoms with Crippen LogP contribution in [-0.4, -0.2) is 48.8 Å². The first kappa shape index (κ1) is 14.2. The molecule has 0 bridgehead atoms. The second kappa shape index (κ2) is 5.97. The summed E-state index contributed by atoms with van der Waals surface area (Å²) in [6.45, 7) is 2.23. The van der Waals surface area contributed by atoms with Crippen LogP contribution in [-0.2, 0) is 21.3 Å². The molecule has 0 aliphatic carbocycles. The zero-order valence-corrected chi connectivity index (χ0v) is 12.4. The molecule has 1 aromatic carbocycles. The second-order valence-corrected chi connectivity index (χ2v) is 6.81. The third kappa shape index (κ3) is 3.15. The van der Waals surface area contributed by atoms with Gasteiger partial charge in [-0.3, -0.25) is 4.68 Å². The molecular formula is C14H17N3O3S. The molecule has 1 aliphatic rings. The van der Waals surface area contributed by atoms with Gasteiger partial charge in [-0.1, -0.05) is 30.3 Å². The molecule has 6 nitrogen and oxygen atoms in total. The first-order valence-corrected chi connectivity index (χ1v) is 8.24. The van der Waals surface area contributed by atoms with Crippen molar-refractivity contribution in [2.24, 2.45) is 0 Å². The van der Waals surface area contributed by atoms with Gasteiger partial charge in [0.15, 0.2) is 0 Å². The summed E-state index contributed by atoms with van der Waals surface area (Å²) in [7, 11) is -3.46. The lowest BCUT2D eigenvalue weighted by Crippen LogP contribution is -2.40. The second-order valence-electron chi connectivity index (χ2n) is 4.88. The van der Waals surface area contributed by atoms with Crippen LogP contribution in [0.3, 0.4) is 0 Å². The van der Waals surface area contributed by atoms with Gasteiger partial charge in [-0.15, -0.1) is 0 Å². The van der Waals surface area contributed by atoms with Crippen molar-refractivity contribution < 1.29 is 13.2 Å². The molecular weight excluding hydrogens is 290 g/mol. The van der Waals surface area contributed by atoms with Crippen LogP contribution in [0.4, 0.5) is 0 Å². The van der Waals surface area contributed by atoms with Crippen molar-refractivity contribution in [3.63, 3.8) is 0 Å². The van der Waals surface area contributed by atoms with E-state index in [9.17, 15) is 8.42 Å². The Morgan fingerprint density at radius 1 is 1.14 bits per heavy atom. The first-order chi connectivity index (χ1) is 10.2. The number of nitrogens with zero attached hydrogens (tertiary/aromatic N) is 3. The molecule has 1 aliphatic heterocycles. The molecule has 21 heavy (non-hydrogen) atoms. The highest BCUT2D eigenvalue weighted by Crippen LogP contribution is 2.16. The first-order valence-electron chi connectivity index (χ1n) is 6.80. The van der Waals surface area contributed by atoms with E-state index < -0.39 is 10.0 Å². The van der Waals surface area contributed by atoms with Crippen molar-refractivity contribution >= 4 is 10.0 Å². The summed E-state index contributed by atoms with van der Waals surface area (Å²) in [5.41, 5.74) is 1.08. The van der Waals surface area contributed by atoms with Crippen LogP contribution in [0.25, 0.3) is 0 Å². The maximum atomic E-state index is 12.5. The van der Waals surface area contributed by atoms with Crippen LogP contribution in [0.15, 0.2) is 47.6 Å². The SMILES string of the molecule is O=S(=O)(c1cnn(Cc2ccccc2)c1)N1CCOCC1. The number of rotatable bonds is 4. The third-order valence-electron chi connectivity index (χ3n) is 3.40. The van der Waals surface area contributed by atoms with Crippen molar-refractivity contribution in [3.8, 4) is 0 Å². The van der Waals surface area contributed by atoms with E-state index in [-0.39, 0.29) is 4.90 Å². The molecule has 0 amide bonds. The lowest BCUT2D eigenvalue weighted by atomic mass is 10.2. The van der Waals surface area contributed by atoms with Crippen LogP contribution in [0.2, 0.25) is 0 Å². The van der Waals surface area contributed by atoms with Crippen molar-refractivity contribution in [2.45, 2.75) is 11.4 Å². The minimum atomic E-state index is -3.46. The quantitative estimate of drug-likeness (QED) is 0.844. The van der Waals surface area contributed by atoms with Gasteiger partial charge in [-0.2, -0.15) is 9.40 Å². The predicted molar refractivity (Wildman–Crippen MR) is 77.3 cm³/mol. The van der Waals surface area contributed by atoms with Crippen LogP contribution >= 0.6 is 0 Å². The Morgan fingerprint density at radius 3 is 2.57 bits per heavy atom. The standard InChI is InChI=1S/C14H17N3O3S/c18-21(19,17-6-8-20-9-7-17)14-10-15-16(12-14)11-13-4-2-1-3-5-13/h1-5,10,12H,6-9,11H2. The monoisotopic (exact) mass is 307 g/mol. The van der Waals surface area contributed by atoms with Gasteiger partial charge < -0.3 is 4.74 Å². The molecule has 0 saturated carbocycles. The van der Waals surface area contributed by atoms with Crippen LogP contribution in [0.5, 0.6) is 0 Å². The predicted octanol–water partition coefficient (Wildman–Crippen LogP) is 0.952. The Morgan fingerprint density at radius 2 is 1.86 bits per heavy atom. The molecule has 2 heterocycles. The van der Waals surface area contributed by atoms with Gasteiger partial charge in [0.05, 0.1) is 26.0 Å². The molecule has 0 atom stereocenters. The van der Waals surface area contributed by atoms with E-state index in [1.54, 1.807) is 10.9 Å². The summed E-state index contributed by atoms with van der Waals surface area (Å²) >= 11 is 0. The highest BCUT2D eigenvalue weighted by Gasteiger charge is 2.27. The van der Waals surface area contributed by atoms with Gasteiger partial charge in [-0.25, -0.2) is 8.42 Å². The maximum Gasteiger partial charge on any atom is 0.246 e. The van der Waals surface area contributed by atoms with Crippen LogP contribution < -0.4 is 0 Å². The Hall–Kier alpha value is -1.70. The number of hydrogen-bond donors (Lipinski definition) is 0. The Balaban J connectivity index is 1.78. The Kier molecular flexibility index (Phi) is 4.05. The number of morpholine rings is 1. The van der Waals surface area contributed by atoms with Crippen molar-refractivity contribution in [1.82, 2.24) is 14.1 Å². The summed E-state index contributed by atoms with van der Waals surface area (Å²) in [6.07, 6.45) is 2.99. The minimum Gasteiger partial charge on any atom is -0.379 e. The highest BCUT2D eigenvalue weighted by atomic mass is 32.2. The van der Waals surface area contributed by atoms with Gasteiger partial charge in [0.25, 0.3) is 0 Å². The van der Waals surface area contributed by atoms with E-state index >= 15 is 0 Å². The van der Waals surface area contributed by atoms with Crippen molar-refractivity contribution in [2.75, 3.05) is 26.3 Å². The molecule has 1 fully saturated rings. The van der Waals surface area contributed by atoms with E-state index in [1.807, 2.05) is 30.3 Å².